The number of carboxylic acid groups (broad SMARTS) is 1. The van der Waals surface area contributed by atoms with Crippen molar-refractivity contribution in [3.8, 4) is 0 Å². The van der Waals surface area contributed by atoms with Gasteiger partial charge in [-0.1, -0.05) is 50.8 Å². The number of carbonyl (C=O) groups excluding carboxylic acids is 1. The second-order valence-electron chi connectivity index (χ2n) is 7.80. The molecule has 1 aliphatic rings. The van der Waals surface area contributed by atoms with Crippen LogP contribution in [0.15, 0.2) is 24.8 Å². The summed E-state index contributed by atoms with van der Waals surface area (Å²) < 4.78 is 0. The molecule has 1 rings (SSSR count). The second-order valence-corrected chi connectivity index (χ2v) is 7.80. The van der Waals surface area contributed by atoms with Gasteiger partial charge in [-0.05, 0) is 43.9 Å². The Morgan fingerprint density at radius 3 is 2.67 bits per heavy atom. The molecule has 0 radical (unpaired) electrons. The smallest absolute Gasteiger partial charge is 0.364 e. The lowest BCUT2D eigenvalue weighted by molar-refractivity contribution is -0.205. The first kappa shape index (κ1) is 23.6. The molecule has 1 saturated carbocycles. The van der Waals surface area contributed by atoms with Crippen molar-refractivity contribution >= 4 is 11.8 Å². The van der Waals surface area contributed by atoms with Crippen molar-refractivity contribution < 1.29 is 24.9 Å². The van der Waals surface area contributed by atoms with Gasteiger partial charge in [0.2, 0.25) is 0 Å². The first-order valence-corrected chi connectivity index (χ1v) is 10.3. The summed E-state index contributed by atoms with van der Waals surface area (Å²) in [6.07, 6.45) is 15.0. The average molecular weight is 381 g/mol. The second kappa shape index (κ2) is 12.1. The number of hydrogen-bond donors (Lipinski definition) is 3. The number of rotatable bonds is 14. The van der Waals surface area contributed by atoms with E-state index in [9.17, 15) is 19.8 Å². The number of ketones is 1. The molecule has 0 heterocycles. The monoisotopic (exact) mass is 380 g/mol. The Morgan fingerprint density at radius 1 is 1.30 bits per heavy atom. The molecule has 0 aliphatic heterocycles. The topological polar surface area (TPSA) is 94.8 Å². The molecule has 0 aromatic rings. The van der Waals surface area contributed by atoms with Gasteiger partial charge in [-0.3, -0.25) is 4.79 Å². The summed E-state index contributed by atoms with van der Waals surface area (Å²) in [6, 6.07) is 0. The van der Waals surface area contributed by atoms with Crippen molar-refractivity contribution in [1.29, 1.82) is 0 Å². The summed E-state index contributed by atoms with van der Waals surface area (Å²) in [4.78, 5) is 22.8. The Balaban J connectivity index is 2.38. The lowest BCUT2D eigenvalue weighted by Gasteiger charge is -2.17. The number of aliphatic hydroxyl groups is 2. The van der Waals surface area contributed by atoms with E-state index in [4.69, 9.17) is 5.11 Å². The third kappa shape index (κ3) is 8.39. The van der Waals surface area contributed by atoms with E-state index in [0.717, 1.165) is 32.1 Å². The zero-order valence-electron chi connectivity index (χ0n) is 16.6. The standard InChI is InChI=1S/C22H36O5/c1-3-5-10-17(4-2)11-9-12-18-14-15-20(23)19(18)13-7-6-8-16-22(26,27)21(24)25/h4,9,12,17-19,26-27H,2-3,5-8,10-11,13-16H2,1H3,(H,24,25)/t17-,18+,19-/m1/s1. The molecule has 0 amide bonds. The minimum atomic E-state index is -2.64. The molecular weight excluding hydrogens is 344 g/mol. The molecule has 0 saturated heterocycles. The summed E-state index contributed by atoms with van der Waals surface area (Å²) in [7, 11) is 0. The number of carbonyl (C=O) groups is 2. The van der Waals surface area contributed by atoms with Crippen molar-refractivity contribution in [2.45, 2.75) is 83.3 Å². The molecule has 0 aromatic heterocycles. The summed E-state index contributed by atoms with van der Waals surface area (Å²) in [6.45, 7) is 6.11. The highest BCUT2D eigenvalue weighted by Gasteiger charge is 2.33. The number of Topliss-reactive ketones (excluding diaryl/α,β-unsaturated/α-hetero) is 1. The van der Waals surface area contributed by atoms with Gasteiger partial charge in [0, 0.05) is 18.8 Å². The maximum atomic E-state index is 12.2. The largest absolute Gasteiger partial charge is 0.477 e. The summed E-state index contributed by atoms with van der Waals surface area (Å²) in [5.74, 6) is -3.10. The minimum absolute atomic E-state index is 0.0477. The van der Waals surface area contributed by atoms with Crippen LogP contribution in [0.1, 0.15) is 77.6 Å². The Hall–Kier alpha value is -1.46. The van der Waals surface area contributed by atoms with Gasteiger partial charge in [0.05, 0.1) is 0 Å². The van der Waals surface area contributed by atoms with Crippen LogP contribution >= 0.6 is 0 Å². The van der Waals surface area contributed by atoms with E-state index in [0.29, 0.717) is 36.9 Å². The molecule has 154 valence electrons. The minimum Gasteiger partial charge on any atom is -0.477 e. The van der Waals surface area contributed by atoms with Crippen molar-refractivity contribution in [1.82, 2.24) is 0 Å². The molecule has 0 unspecified atom stereocenters. The van der Waals surface area contributed by atoms with Crippen LogP contribution in [0, 0.1) is 17.8 Å². The maximum Gasteiger partial charge on any atom is 0.364 e. The third-order valence-corrected chi connectivity index (χ3v) is 5.62. The fourth-order valence-corrected chi connectivity index (χ4v) is 3.79. The van der Waals surface area contributed by atoms with Crippen LogP contribution in [-0.4, -0.2) is 32.9 Å². The van der Waals surface area contributed by atoms with Crippen LogP contribution in [0.4, 0.5) is 0 Å². The molecule has 5 heteroatoms. The zero-order chi connectivity index (χ0) is 20.3. The van der Waals surface area contributed by atoms with E-state index < -0.39 is 11.8 Å². The Bertz CT molecular complexity index is 509. The van der Waals surface area contributed by atoms with Crippen LogP contribution in [0.5, 0.6) is 0 Å². The quantitative estimate of drug-likeness (QED) is 0.238. The van der Waals surface area contributed by atoms with Gasteiger partial charge in [0.1, 0.15) is 5.78 Å². The van der Waals surface area contributed by atoms with Gasteiger partial charge in [-0.25, -0.2) is 4.79 Å². The van der Waals surface area contributed by atoms with E-state index in [-0.39, 0.29) is 12.3 Å². The summed E-state index contributed by atoms with van der Waals surface area (Å²) in [5.41, 5.74) is 0. The Morgan fingerprint density at radius 2 is 2.04 bits per heavy atom. The predicted octanol–water partition coefficient (Wildman–Crippen LogP) is 4.24. The number of unbranched alkanes of at least 4 members (excludes halogenated alkanes) is 3. The van der Waals surface area contributed by atoms with Gasteiger partial charge in [-0.15, -0.1) is 6.58 Å². The number of carboxylic acids is 1. The average Bonchev–Trinajstić information content (AvgIpc) is 2.97. The third-order valence-electron chi connectivity index (χ3n) is 5.62. The number of hydrogen-bond acceptors (Lipinski definition) is 4. The summed E-state index contributed by atoms with van der Waals surface area (Å²) in [5, 5.41) is 27.2. The highest BCUT2D eigenvalue weighted by Crippen LogP contribution is 2.34. The molecule has 1 aliphatic carbocycles. The van der Waals surface area contributed by atoms with Crippen LogP contribution in [0.2, 0.25) is 0 Å². The number of aliphatic carboxylic acids is 1. The lowest BCUT2D eigenvalue weighted by Crippen LogP contribution is -2.37. The molecule has 0 spiro atoms. The van der Waals surface area contributed by atoms with E-state index in [1.54, 1.807) is 0 Å². The molecule has 3 atom stereocenters. The molecule has 5 nitrogen and oxygen atoms in total. The highest BCUT2D eigenvalue weighted by atomic mass is 16.5. The van der Waals surface area contributed by atoms with Crippen LogP contribution in [0.25, 0.3) is 0 Å². The van der Waals surface area contributed by atoms with Crippen LogP contribution in [0.3, 0.4) is 0 Å². The predicted molar refractivity (Wildman–Crippen MR) is 106 cm³/mol. The van der Waals surface area contributed by atoms with E-state index in [1.807, 2.05) is 6.08 Å². The summed E-state index contributed by atoms with van der Waals surface area (Å²) >= 11 is 0. The molecule has 0 bridgehead atoms. The lowest BCUT2D eigenvalue weighted by atomic mass is 9.88. The normalized spacial score (nSPS) is 21.7. The maximum absolute atomic E-state index is 12.2. The highest BCUT2D eigenvalue weighted by molar-refractivity contribution is 5.83. The van der Waals surface area contributed by atoms with Crippen LogP contribution < -0.4 is 0 Å². The molecule has 27 heavy (non-hydrogen) atoms. The van der Waals surface area contributed by atoms with Gasteiger partial charge in [0.25, 0.3) is 5.79 Å². The van der Waals surface area contributed by atoms with Gasteiger partial charge < -0.3 is 15.3 Å². The first-order chi connectivity index (χ1) is 12.8. The fraction of sp³-hybridized carbons (Fsp3) is 0.727. The molecular formula is C22H36O5. The van der Waals surface area contributed by atoms with E-state index in [2.05, 4.69) is 25.7 Å². The van der Waals surface area contributed by atoms with Gasteiger partial charge in [-0.2, -0.15) is 0 Å². The Labute approximate surface area is 163 Å². The van der Waals surface area contributed by atoms with Crippen molar-refractivity contribution in [3.05, 3.63) is 24.8 Å². The zero-order valence-corrected chi connectivity index (χ0v) is 16.6. The van der Waals surface area contributed by atoms with Gasteiger partial charge >= 0.3 is 5.97 Å². The molecule has 0 aromatic carbocycles. The SMILES string of the molecule is C=C[C@@H](CC=C[C@H]1CCC(=O)[C@@H]1CCCCCC(O)(O)C(=O)O)CCCC. The van der Waals surface area contributed by atoms with Crippen molar-refractivity contribution in [3.63, 3.8) is 0 Å². The van der Waals surface area contributed by atoms with Crippen molar-refractivity contribution in [2.24, 2.45) is 17.8 Å². The van der Waals surface area contributed by atoms with Gasteiger partial charge in [0.15, 0.2) is 0 Å². The fourth-order valence-electron chi connectivity index (χ4n) is 3.79. The van der Waals surface area contributed by atoms with E-state index in [1.165, 1.54) is 12.8 Å². The van der Waals surface area contributed by atoms with Crippen molar-refractivity contribution in [2.75, 3.05) is 0 Å². The van der Waals surface area contributed by atoms with E-state index >= 15 is 0 Å². The molecule has 3 N–H and O–H groups in total. The number of allylic oxidation sites excluding steroid dienone is 3. The molecule has 1 fully saturated rings. The first-order valence-electron chi connectivity index (χ1n) is 10.3. The Kier molecular flexibility index (Phi) is 10.6. The van der Waals surface area contributed by atoms with Crippen LogP contribution in [-0.2, 0) is 9.59 Å².